The van der Waals surface area contributed by atoms with E-state index in [-0.39, 0.29) is 5.56 Å². The van der Waals surface area contributed by atoms with Gasteiger partial charge in [-0.3, -0.25) is 0 Å². The van der Waals surface area contributed by atoms with E-state index in [0.717, 1.165) is 11.3 Å². The van der Waals surface area contributed by atoms with Gasteiger partial charge in [-0.15, -0.1) is 0 Å². The van der Waals surface area contributed by atoms with Crippen LogP contribution in [-0.2, 0) is 0 Å². The zero-order valence-corrected chi connectivity index (χ0v) is 16.6. The van der Waals surface area contributed by atoms with E-state index in [4.69, 9.17) is 14.6 Å². The smallest absolute Gasteiger partial charge is 0.336 e. The summed E-state index contributed by atoms with van der Waals surface area (Å²) in [5.74, 6) is 0.232. The number of hydrogen-bond acceptors (Lipinski definition) is 4. The van der Waals surface area contributed by atoms with Gasteiger partial charge < -0.3 is 14.6 Å². The molecule has 0 aliphatic rings. The number of para-hydroxylation sites is 1. The number of benzene rings is 3. The predicted octanol–water partition coefficient (Wildman–Crippen LogP) is 4.92. The van der Waals surface area contributed by atoms with E-state index in [2.05, 4.69) is 0 Å². The van der Waals surface area contributed by atoms with E-state index in [1.54, 1.807) is 37.1 Å². The van der Waals surface area contributed by atoms with Gasteiger partial charge in [0.25, 0.3) is 0 Å². The molecule has 0 amide bonds. The summed E-state index contributed by atoms with van der Waals surface area (Å²) in [4.78, 5) is 11.8. The minimum atomic E-state index is -0.987. The number of rotatable bonds is 6. The molecule has 0 fully saturated rings. The molecule has 0 aliphatic heterocycles. The predicted molar refractivity (Wildman–Crippen MR) is 114 cm³/mol. The summed E-state index contributed by atoms with van der Waals surface area (Å²) in [6, 6.07) is 24.0. The van der Waals surface area contributed by atoms with Gasteiger partial charge in [0.15, 0.2) is 11.5 Å². The van der Waals surface area contributed by atoms with Gasteiger partial charge in [0.2, 0.25) is 0 Å². The summed E-state index contributed by atoms with van der Waals surface area (Å²) >= 11 is 0. The molecule has 0 atom stereocenters. The molecule has 3 aromatic carbocycles. The summed E-state index contributed by atoms with van der Waals surface area (Å²) in [7, 11) is 3.17. The van der Waals surface area contributed by atoms with Crippen molar-refractivity contribution in [3.8, 4) is 39.7 Å². The molecule has 30 heavy (non-hydrogen) atoms. The maximum atomic E-state index is 11.8. The van der Waals surface area contributed by atoms with E-state index in [9.17, 15) is 9.90 Å². The summed E-state index contributed by atoms with van der Waals surface area (Å²) in [5.41, 5.74) is 3.84. The van der Waals surface area contributed by atoms with E-state index in [1.807, 2.05) is 60.7 Å². The summed E-state index contributed by atoms with van der Waals surface area (Å²) in [6.45, 7) is 0. The Balaban J connectivity index is 1.93. The monoisotopic (exact) mass is 400 g/mol. The van der Waals surface area contributed by atoms with Gasteiger partial charge in [0, 0.05) is 11.1 Å². The second kappa shape index (κ2) is 8.13. The maximum absolute atomic E-state index is 11.8. The number of aromatic nitrogens is 2. The van der Waals surface area contributed by atoms with Crippen molar-refractivity contribution in [2.45, 2.75) is 0 Å². The molecule has 6 heteroatoms. The summed E-state index contributed by atoms with van der Waals surface area (Å²) < 4.78 is 12.5. The Bertz CT molecular complexity index is 1200. The molecule has 6 nitrogen and oxygen atoms in total. The fourth-order valence-electron chi connectivity index (χ4n) is 3.37. The molecule has 0 saturated carbocycles. The molecular weight excluding hydrogens is 380 g/mol. The van der Waals surface area contributed by atoms with Gasteiger partial charge in [-0.05, 0) is 42.5 Å². The first kappa shape index (κ1) is 19.3. The molecule has 0 saturated heterocycles. The number of carboxylic acids is 1. The van der Waals surface area contributed by atoms with Crippen molar-refractivity contribution in [2.24, 2.45) is 0 Å². The summed E-state index contributed by atoms with van der Waals surface area (Å²) in [6.07, 6.45) is 0. The van der Waals surface area contributed by atoms with Crippen LogP contribution in [0, 0.1) is 0 Å². The van der Waals surface area contributed by atoms with Gasteiger partial charge in [0.05, 0.1) is 36.9 Å². The molecular formula is C24H20N2O4. The number of ether oxygens (including phenoxy) is 2. The van der Waals surface area contributed by atoms with Crippen molar-refractivity contribution < 1.29 is 19.4 Å². The molecule has 1 heterocycles. The zero-order valence-electron chi connectivity index (χ0n) is 16.6. The molecule has 0 spiro atoms. The highest BCUT2D eigenvalue weighted by molar-refractivity contribution is 5.96. The molecule has 0 unspecified atom stereocenters. The van der Waals surface area contributed by atoms with Crippen LogP contribution in [0.2, 0.25) is 0 Å². The van der Waals surface area contributed by atoms with Crippen molar-refractivity contribution in [1.82, 2.24) is 9.78 Å². The molecule has 1 N–H and O–H groups in total. The van der Waals surface area contributed by atoms with E-state index >= 15 is 0 Å². The highest BCUT2D eigenvalue weighted by Crippen LogP contribution is 2.35. The van der Waals surface area contributed by atoms with E-state index in [0.29, 0.717) is 28.5 Å². The molecule has 0 bridgehead atoms. The van der Waals surface area contributed by atoms with Crippen LogP contribution in [0.25, 0.3) is 28.2 Å². The Labute approximate surface area is 173 Å². The van der Waals surface area contributed by atoms with Gasteiger partial charge in [-0.25, -0.2) is 9.48 Å². The summed E-state index contributed by atoms with van der Waals surface area (Å²) in [5, 5.41) is 14.5. The van der Waals surface area contributed by atoms with Gasteiger partial charge in [-0.1, -0.05) is 36.4 Å². The molecule has 0 radical (unpaired) electrons. The van der Waals surface area contributed by atoms with Crippen LogP contribution >= 0.6 is 0 Å². The van der Waals surface area contributed by atoms with Crippen molar-refractivity contribution in [1.29, 1.82) is 0 Å². The third-order valence-corrected chi connectivity index (χ3v) is 4.82. The standard InChI is InChI=1S/C24H20N2O4/c1-29-22-13-12-16(14-23(22)30-2)20-15-21(18-10-6-7-11-19(18)24(27)28)26(25-20)17-8-4-3-5-9-17/h3-15H,1-2H3,(H,27,28). The first-order valence-corrected chi connectivity index (χ1v) is 9.33. The highest BCUT2D eigenvalue weighted by Gasteiger charge is 2.19. The van der Waals surface area contributed by atoms with Crippen LogP contribution in [-0.4, -0.2) is 35.1 Å². The van der Waals surface area contributed by atoms with Crippen LogP contribution < -0.4 is 9.47 Å². The average Bonchev–Trinajstić information content (AvgIpc) is 3.24. The third-order valence-electron chi connectivity index (χ3n) is 4.82. The second-order valence-corrected chi connectivity index (χ2v) is 6.58. The highest BCUT2D eigenvalue weighted by atomic mass is 16.5. The first-order chi connectivity index (χ1) is 14.6. The van der Waals surface area contributed by atoms with E-state index in [1.165, 1.54) is 0 Å². The van der Waals surface area contributed by atoms with Gasteiger partial charge >= 0.3 is 5.97 Å². The van der Waals surface area contributed by atoms with E-state index < -0.39 is 5.97 Å². The normalized spacial score (nSPS) is 10.6. The minimum Gasteiger partial charge on any atom is -0.493 e. The largest absolute Gasteiger partial charge is 0.493 e. The lowest BCUT2D eigenvalue weighted by Crippen LogP contribution is -2.04. The number of hydrogen-bond donors (Lipinski definition) is 1. The first-order valence-electron chi connectivity index (χ1n) is 9.33. The lowest BCUT2D eigenvalue weighted by Gasteiger charge is -2.09. The van der Waals surface area contributed by atoms with Crippen LogP contribution in [0.1, 0.15) is 10.4 Å². The lowest BCUT2D eigenvalue weighted by molar-refractivity contribution is 0.0697. The Morgan fingerprint density at radius 2 is 1.57 bits per heavy atom. The maximum Gasteiger partial charge on any atom is 0.336 e. The Morgan fingerprint density at radius 1 is 0.867 bits per heavy atom. The topological polar surface area (TPSA) is 73.6 Å². The van der Waals surface area contributed by atoms with Crippen molar-refractivity contribution in [3.05, 3.63) is 84.4 Å². The SMILES string of the molecule is COc1ccc(-c2cc(-c3ccccc3C(=O)O)n(-c3ccccc3)n2)cc1OC. The Kier molecular flexibility index (Phi) is 5.22. The fraction of sp³-hybridized carbons (Fsp3) is 0.0833. The second-order valence-electron chi connectivity index (χ2n) is 6.58. The number of carboxylic acid groups (broad SMARTS) is 1. The lowest BCUT2D eigenvalue weighted by atomic mass is 10.0. The number of aromatic carboxylic acids is 1. The van der Waals surface area contributed by atoms with Crippen LogP contribution in [0.5, 0.6) is 11.5 Å². The molecule has 150 valence electrons. The Morgan fingerprint density at radius 3 is 2.27 bits per heavy atom. The number of methoxy groups -OCH3 is 2. The molecule has 1 aromatic heterocycles. The minimum absolute atomic E-state index is 0.216. The van der Waals surface area contributed by atoms with Crippen LogP contribution in [0.4, 0.5) is 0 Å². The third kappa shape index (κ3) is 3.51. The fourth-order valence-corrected chi connectivity index (χ4v) is 3.37. The molecule has 0 aliphatic carbocycles. The number of nitrogens with zero attached hydrogens (tertiary/aromatic N) is 2. The Hall–Kier alpha value is -4.06. The number of carbonyl (C=O) groups is 1. The zero-order chi connectivity index (χ0) is 21.1. The van der Waals surface area contributed by atoms with Gasteiger partial charge in [-0.2, -0.15) is 5.10 Å². The van der Waals surface area contributed by atoms with Crippen molar-refractivity contribution in [2.75, 3.05) is 14.2 Å². The van der Waals surface area contributed by atoms with Crippen molar-refractivity contribution in [3.63, 3.8) is 0 Å². The van der Waals surface area contributed by atoms with Crippen molar-refractivity contribution >= 4 is 5.97 Å². The van der Waals surface area contributed by atoms with Crippen LogP contribution in [0.15, 0.2) is 78.9 Å². The van der Waals surface area contributed by atoms with Crippen LogP contribution in [0.3, 0.4) is 0 Å². The molecule has 4 aromatic rings. The average molecular weight is 400 g/mol. The quantitative estimate of drug-likeness (QED) is 0.497. The molecule has 4 rings (SSSR count). The van der Waals surface area contributed by atoms with Gasteiger partial charge in [0.1, 0.15) is 0 Å².